The second kappa shape index (κ2) is 9.51. The molecule has 1 unspecified atom stereocenters. The van der Waals surface area contributed by atoms with Crippen molar-refractivity contribution in [2.75, 3.05) is 38.6 Å². The van der Waals surface area contributed by atoms with E-state index in [1.165, 1.54) is 24.8 Å². The summed E-state index contributed by atoms with van der Waals surface area (Å²) in [5.74, 6) is 0.648. The van der Waals surface area contributed by atoms with E-state index in [4.69, 9.17) is 0 Å². The smallest absolute Gasteiger partial charge is 0.255 e. The average Bonchev–Trinajstić information content (AvgIpc) is 2.72. The van der Waals surface area contributed by atoms with Gasteiger partial charge in [-0.25, -0.2) is 4.98 Å². The summed E-state index contributed by atoms with van der Waals surface area (Å²) in [6, 6.07) is 14.5. The zero-order chi connectivity index (χ0) is 19.1. The van der Waals surface area contributed by atoms with Gasteiger partial charge in [0.05, 0.1) is 5.56 Å². The Labute approximate surface area is 162 Å². The van der Waals surface area contributed by atoms with E-state index in [2.05, 4.69) is 39.5 Å². The van der Waals surface area contributed by atoms with E-state index in [0.717, 1.165) is 19.5 Å². The van der Waals surface area contributed by atoms with Gasteiger partial charge in [0.2, 0.25) is 0 Å². The first-order valence-corrected chi connectivity index (χ1v) is 9.83. The van der Waals surface area contributed by atoms with Crippen LogP contribution in [0.2, 0.25) is 0 Å². The molecule has 1 aromatic carbocycles. The molecule has 2 aromatic rings. The van der Waals surface area contributed by atoms with Crippen molar-refractivity contribution in [3.8, 4) is 0 Å². The third-order valence-electron chi connectivity index (χ3n) is 5.17. The molecular weight excluding hydrogens is 336 g/mol. The fourth-order valence-corrected chi connectivity index (χ4v) is 3.74. The Hall–Kier alpha value is -2.40. The quantitative estimate of drug-likeness (QED) is 0.818. The summed E-state index contributed by atoms with van der Waals surface area (Å²) in [6.07, 6.45) is 6.47. The van der Waals surface area contributed by atoms with Crippen molar-refractivity contribution < 1.29 is 4.79 Å². The Morgan fingerprint density at radius 2 is 1.85 bits per heavy atom. The summed E-state index contributed by atoms with van der Waals surface area (Å²) >= 11 is 0. The van der Waals surface area contributed by atoms with Gasteiger partial charge >= 0.3 is 0 Å². The molecule has 1 saturated heterocycles. The number of anilines is 1. The second-order valence-electron chi connectivity index (χ2n) is 7.42. The summed E-state index contributed by atoms with van der Waals surface area (Å²) in [6.45, 7) is 2.88. The Balaban J connectivity index is 1.69. The molecule has 144 valence electrons. The predicted molar refractivity (Wildman–Crippen MR) is 110 cm³/mol. The molecule has 0 saturated carbocycles. The first-order valence-electron chi connectivity index (χ1n) is 9.83. The van der Waals surface area contributed by atoms with E-state index in [-0.39, 0.29) is 5.91 Å². The second-order valence-corrected chi connectivity index (χ2v) is 7.42. The van der Waals surface area contributed by atoms with Crippen molar-refractivity contribution in [3.05, 3.63) is 59.8 Å². The molecule has 1 fully saturated rings. The van der Waals surface area contributed by atoms with Crippen LogP contribution in [0, 0.1) is 0 Å². The summed E-state index contributed by atoms with van der Waals surface area (Å²) < 4.78 is 0. The van der Waals surface area contributed by atoms with Crippen LogP contribution in [0.4, 0.5) is 5.82 Å². The molecule has 2 heterocycles. The number of pyridine rings is 1. The molecule has 1 aliphatic rings. The normalized spacial score (nSPS) is 15.9. The van der Waals surface area contributed by atoms with Crippen LogP contribution in [0.3, 0.4) is 0 Å². The maximum absolute atomic E-state index is 12.8. The van der Waals surface area contributed by atoms with E-state index in [0.29, 0.717) is 24.0 Å². The Morgan fingerprint density at radius 3 is 2.56 bits per heavy atom. The van der Waals surface area contributed by atoms with Crippen molar-refractivity contribution in [1.82, 2.24) is 15.2 Å². The lowest BCUT2D eigenvalue weighted by Crippen LogP contribution is -2.47. The van der Waals surface area contributed by atoms with Crippen molar-refractivity contribution in [1.29, 1.82) is 0 Å². The first kappa shape index (κ1) is 19.4. The van der Waals surface area contributed by atoms with Gasteiger partial charge in [0.25, 0.3) is 5.91 Å². The first-order chi connectivity index (χ1) is 13.1. The maximum atomic E-state index is 12.8. The van der Waals surface area contributed by atoms with Crippen LogP contribution in [0.1, 0.15) is 35.2 Å². The largest absolute Gasteiger partial charge is 0.362 e. The van der Waals surface area contributed by atoms with Gasteiger partial charge in [0.15, 0.2) is 0 Å². The minimum atomic E-state index is -0.0538. The van der Waals surface area contributed by atoms with Crippen LogP contribution in [-0.4, -0.2) is 55.6 Å². The number of carbonyl (C=O) groups excluding carboxylic acids is 1. The standard InChI is InChI=1S/C22H30N4O/c1-25(2)21-20(12-9-13-23-21)22(27)24-17-19(26-14-7-4-8-15-26)16-18-10-5-3-6-11-18/h3,5-6,9-13,19H,4,7-8,14-17H2,1-2H3,(H,24,27). The third kappa shape index (κ3) is 5.30. The molecule has 1 aliphatic heterocycles. The van der Waals surface area contributed by atoms with Crippen LogP contribution in [0.25, 0.3) is 0 Å². The molecule has 1 N–H and O–H groups in total. The number of rotatable bonds is 7. The fourth-order valence-electron chi connectivity index (χ4n) is 3.74. The Kier molecular flexibility index (Phi) is 6.82. The van der Waals surface area contributed by atoms with Crippen LogP contribution >= 0.6 is 0 Å². The number of amides is 1. The van der Waals surface area contributed by atoms with E-state index in [1.54, 1.807) is 6.20 Å². The lowest BCUT2D eigenvalue weighted by Gasteiger charge is -2.35. The lowest BCUT2D eigenvalue weighted by atomic mass is 10.0. The van der Waals surface area contributed by atoms with Crippen molar-refractivity contribution in [2.24, 2.45) is 0 Å². The number of nitrogens with zero attached hydrogens (tertiary/aromatic N) is 3. The molecular formula is C22H30N4O. The minimum absolute atomic E-state index is 0.0538. The van der Waals surface area contributed by atoms with E-state index < -0.39 is 0 Å². The number of aromatic nitrogens is 1. The van der Waals surface area contributed by atoms with Gasteiger partial charge in [-0.3, -0.25) is 9.69 Å². The summed E-state index contributed by atoms with van der Waals surface area (Å²) in [5.41, 5.74) is 1.94. The Morgan fingerprint density at radius 1 is 1.11 bits per heavy atom. The fraction of sp³-hybridized carbons (Fsp3) is 0.455. The monoisotopic (exact) mass is 366 g/mol. The van der Waals surface area contributed by atoms with Gasteiger partial charge in [-0.05, 0) is 50.0 Å². The number of likely N-dealkylation sites (tertiary alicyclic amines) is 1. The van der Waals surface area contributed by atoms with Gasteiger partial charge < -0.3 is 10.2 Å². The van der Waals surface area contributed by atoms with Crippen LogP contribution < -0.4 is 10.2 Å². The van der Waals surface area contributed by atoms with Gasteiger partial charge in [-0.2, -0.15) is 0 Å². The highest BCUT2D eigenvalue weighted by molar-refractivity contribution is 5.98. The average molecular weight is 367 g/mol. The molecule has 5 heteroatoms. The number of piperidine rings is 1. The zero-order valence-electron chi connectivity index (χ0n) is 16.4. The van der Waals surface area contributed by atoms with E-state index in [1.807, 2.05) is 37.2 Å². The maximum Gasteiger partial charge on any atom is 0.255 e. The van der Waals surface area contributed by atoms with Crippen molar-refractivity contribution in [3.63, 3.8) is 0 Å². The molecule has 3 rings (SSSR count). The molecule has 1 amide bonds. The summed E-state index contributed by atoms with van der Waals surface area (Å²) in [7, 11) is 3.82. The van der Waals surface area contributed by atoms with Crippen molar-refractivity contribution >= 4 is 11.7 Å². The van der Waals surface area contributed by atoms with Crippen LogP contribution in [0.5, 0.6) is 0 Å². The SMILES string of the molecule is CN(C)c1ncccc1C(=O)NCC(Cc1ccccc1)N1CCCCC1. The highest BCUT2D eigenvalue weighted by atomic mass is 16.1. The number of benzene rings is 1. The highest BCUT2D eigenvalue weighted by Crippen LogP contribution is 2.17. The molecule has 0 aliphatic carbocycles. The summed E-state index contributed by atoms with van der Waals surface area (Å²) in [5, 5.41) is 3.16. The number of hydrogen-bond donors (Lipinski definition) is 1. The van der Waals surface area contributed by atoms with Crippen LogP contribution in [-0.2, 0) is 6.42 Å². The van der Waals surface area contributed by atoms with Gasteiger partial charge in [0, 0.05) is 32.9 Å². The lowest BCUT2D eigenvalue weighted by molar-refractivity contribution is 0.0924. The van der Waals surface area contributed by atoms with Crippen molar-refractivity contribution in [2.45, 2.75) is 31.7 Å². The van der Waals surface area contributed by atoms with Crippen LogP contribution in [0.15, 0.2) is 48.7 Å². The van der Waals surface area contributed by atoms with E-state index in [9.17, 15) is 4.79 Å². The molecule has 5 nitrogen and oxygen atoms in total. The molecule has 0 radical (unpaired) electrons. The topological polar surface area (TPSA) is 48.5 Å². The highest BCUT2D eigenvalue weighted by Gasteiger charge is 2.22. The zero-order valence-corrected chi connectivity index (χ0v) is 16.4. The molecule has 1 atom stereocenters. The van der Waals surface area contributed by atoms with Gasteiger partial charge in [-0.15, -0.1) is 0 Å². The summed E-state index contributed by atoms with van der Waals surface area (Å²) in [4.78, 5) is 21.6. The number of nitrogens with one attached hydrogen (secondary N) is 1. The molecule has 0 bridgehead atoms. The van der Waals surface area contributed by atoms with E-state index >= 15 is 0 Å². The Bertz CT molecular complexity index is 726. The molecule has 1 aromatic heterocycles. The minimum Gasteiger partial charge on any atom is -0.362 e. The number of hydrogen-bond acceptors (Lipinski definition) is 4. The van der Waals surface area contributed by atoms with Gasteiger partial charge in [-0.1, -0.05) is 36.8 Å². The molecule has 0 spiro atoms. The number of carbonyl (C=O) groups is 1. The predicted octanol–water partition coefficient (Wildman–Crippen LogP) is 2.97. The molecule has 27 heavy (non-hydrogen) atoms. The van der Waals surface area contributed by atoms with Gasteiger partial charge in [0.1, 0.15) is 5.82 Å². The third-order valence-corrected chi connectivity index (χ3v) is 5.17.